The lowest BCUT2D eigenvalue weighted by Gasteiger charge is -2.22. The second-order valence-electron chi connectivity index (χ2n) is 8.25. The van der Waals surface area contributed by atoms with E-state index in [4.69, 9.17) is 14.9 Å². The normalized spacial score (nSPS) is 13.9. The molecular weight excluding hydrogens is 404 g/mol. The molecule has 3 N–H and O–H groups in total. The second kappa shape index (κ2) is 16.7. The van der Waals surface area contributed by atoms with Crippen LogP contribution in [0.4, 0.5) is 0 Å². The molecule has 0 fully saturated rings. The van der Waals surface area contributed by atoms with E-state index < -0.39 is 42.5 Å². The van der Waals surface area contributed by atoms with Crippen LogP contribution in [0.1, 0.15) is 110 Å². The maximum atomic E-state index is 12.5. The number of aliphatic hydroxyl groups is 1. The van der Waals surface area contributed by atoms with Crippen LogP contribution in [-0.4, -0.2) is 50.7 Å². The summed E-state index contributed by atoms with van der Waals surface area (Å²) in [4.78, 5) is 46.8. The van der Waals surface area contributed by atoms with Gasteiger partial charge in [0.1, 0.15) is 0 Å². The molecule has 0 saturated heterocycles. The highest BCUT2D eigenvalue weighted by atomic mass is 16.5. The molecule has 0 spiro atoms. The molecule has 0 aromatic heterocycles. The first-order chi connectivity index (χ1) is 14.7. The Hall–Kier alpha value is -1.96. The minimum atomic E-state index is -2.77. The van der Waals surface area contributed by atoms with Crippen molar-refractivity contribution in [2.45, 2.75) is 122 Å². The van der Waals surface area contributed by atoms with Crippen molar-refractivity contribution in [3.05, 3.63) is 0 Å². The van der Waals surface area contributed by atoms with E-state index in [1.807, 2.05) is 6.92 Å². The third kappa shape index (κ3) is 13.9. The summed E-state index contributed by atoms with van der Waals surface area (Å²) in [7, 11) is 0. The summed E-state index contributed by atoms with van der Waals surface area (Å²) in [5.41, 5.74) is -2.77. The van der Waals surface area contributed by atoms with Crippen LogP contribution in [0, 0.1) is 0 Å². The van der Waals surface area contributed by atoms with Crippen molar-refractivity contribution < 1.29 is 39.2 Å². The van der Waals surface area contributed by atoms with Gasteiger partial charge in [-0.25, -0.2) is 4.79 Å². The molecule has 0 rings (SSSR count). The summed E-state index contributed by atoms with van der Waals surface area (Å²) in [5, 5.41) is 27.9. The Kier molecular flexibility index (Phi) is 15.6. The molecule has 180 valence electrons. The zero-order valence-electron chi connectivity index (χ0n) is 19.1. The molecule has 0 aliphatic rings. The first-order valence-electron chi connectivity index (χ1n) is 11.6. The quantitative estimate of drug-likeness (QED) is 0.187. The molecule has 8 heteroatoms. The zero-order valence-corrected chi connectivity index (χ0v) is 19.1. The summed E-state index contributed by atoms with van der Waals surface area (Å²) in [6.07, 6.45) is 8.53. The first-order valence-corrected chi connectivity index (χ1v) is 11.6. The standard InChI is InChI=1S/C23H40O8/c1-3-5-7-8-9-10-11-13-15-19(18(24)14-12-6-4-2)31-21(27)17-23(30,22(28)29)16-20(25)26/h19,30H,3-17H2,1-2H3,(H,25,26)(H,28,29). The third-order valence-electron chi connectivity index (χ3n) is 5.26. The van der Waals surface area contributed by atoms with Crippen molar-refractivity contribution in [3.8, 4) is 0 Å². The number of Topliss-reactive ketones (excluding diaryl/α,β-unsaturated/α-hetero) is 1. The average molecular weight is 445 g/mol. The highest BCUT2D eigenvalue weighted by Crippen LogP contribution is 2.20. The number of hydrogen-bond donors (Lipinski definition) is 3. The van der Waals surface area contributed by atoms with Crippen LogP contribution in [0.15, 0.2) is 0 Å². The SMILES string of the molecule is CCCCCCCCCCC(OC(=O)CC(O)(CC(=O)O)C(=O)O)C(=O)CCCCC. The topological polar surface area (TPSA) is 138 Å². The monoisotopic (exact) mass is 444 g/mol. The number of aliphatic carboxylic acids is 2. The van der Waals surface area contributed by atoms with E-state index in [1.165, 1.54) is 25.7 Å². The maximum Gasteiger partial charge on any atom is 0.336 e. The fourth-order valence-electron chi connectivity index (χ4n) is 3.36. The molecule has 0 bridgehead atoms. The van der Waals surface area contributed by atoms with Gasteiger partial charge in [-0.3, -0.25) is 14.4 Å². The number of carbonyl (C=O) groups is 4. The summed E-state index contributed by atoms with van der Waals surface area (Å²) >= 11 is 0. The van der Waals surface area contributed by atoms with Crippen molar-refractivity contribution in [2.24, 2.45) is 0 Å². The number of rotatable bonds is 20. The molecule has 0 aromatic carbocycles. The van der Waals surface area contributed by atoms with Gasteiger partial charge in [-0.2, -0.15) is 0 Å². The fourth-order valence-corrected chi connectivity index (χ4v) is 3.36. The molecular formula is C23H40O8. The molecule has 0 radical (unpaired) electrons. The Labute approximate surface area is 185 Å². The first kappa shape index (κ1) is 29.0. The van der Waals surface area contributed by atoms with Gasteiger partial charge in [-0.15, -0.1) is 0 Å². The molecule has 0 saturated carbocycles. The lowest BCUT2D eigenvalue weighted by Crippen LogP contribution is -2.44. The van der Waals surface area contributed by atoms with Crippen LogP contribution >= 0.6 is 0 Å². The van der Waals surface area contributed by atoms with Crippen molar-refractivity contribution in [1.82, 2.24) is 0 Å². The van der Waals surface area contributed by atoms with Crippen molar-refractivity contribution >= 4 is 23.7 Å². The molecule has 2 unspecified atom stereocenters. The molecule has 0 amide bonds. The molecule has 0 aliphatic heterocycles. The molecule has 0 heterocycles. The van der Waals surface area contributed by atoms with Gasteiger partial charge in [-0.1, -0.05) is 71.6 Å². The Morgan fingerprint density at radius 1 is 0.774 bits per heavy atom. The average Bonchev–Trinajstić information content (AvgIpc) is 2.68. The Balaban J connectivity index is 4.77. The maximum absolute atomic E-state index is 12.5. The summed E-state index contributed by atoms with van der Waals surface area (Å²) in [6.45, 7) is 4.18. The van der Waals surface area contributed by atoms with E-state index >= 15 is 0 Å². The van der Waals surface area contributed by atoms with Gasteiger partial charge >= 0.3 is 17.9 Å². The van der Waals surface area contributed by atoms with Crippen LogP contribution in [0.3, 0.4) is 0 Å². The van der Waals surface area contributed by atoms with Crippen molar-refractivity contribution in [2.75, 3.05) is 0 Å². The smallest absolute Gasteiger partial charge is 0.336 e. The lowest BCUT2D eigenvalue weighted by atomic mass is 9.95. The van der Waals surface area contributed by atoms with Gasteiger partial charge in [-0.05, 0) is 19.3 Å². The Bertz CT molecular complexity index is 560. The van der Waals surface area contributed by atoms with E-state index in [0.29, 0.717) is 19.3 Å². The number of unbranched alkanes of at least 4 members (excludes halogenated alkanes) is 9. The number of hydrogen-bond acceptors (Lipinski definition) is 6. The van der Waals surface area contributed by atoms with Crippen LogP contribution in [0.2, 0.25) is 0 Å². The van der Waals surface area contributed by atoms with Gasteiger partial charge in [0.2, 0.25) is 0 Å². The highest BCUT2D eigenvalue weighted by molar-refractivity contribution is 5.90. The minimum Gasteiger partial charge on any atom is -0.481 e. The van der Waals surface area contributed by atoms with E-state index in [2.05, 4.69) is 6.92 Å². The second-order valence-corrected chi connectivity index (χ2v) is 8.25. The number of carboxylic acid groups (broad SMARTS) is 2. The van der Waals surface area contributed by atoms with Gasteiger partial charge < -0.3 is 20.1 Å². The van der Waals surface area contributed by atoms with Crippen molar-refractivity contribution in [1.29, 1.82) is 0 Å². The highest BCUT2D eigenvalue weighted by Gasteiger charge is 2.42. The summed E-state index contributed by atoms with van der Waals surface area (Å²) in [5.74, 6) is -4.68. The van der Waals surface area contributed by atoms with Crippen LogP contribution in [0.5, 0.6) is 0 Å². The number of ketones is 1. The van der Waals surface area contributed by atoms with Crippen LogP contribution < -0.4 is 0 Å². The number of carbonyl (C=O) groups excluding carboxylic acids is 2. The molecule has 2 atom stereocenters. The van der Waals surface area contributed by atoms with E-state index in [-0.39, 0.29) is 12.2 Å². The number of ether oxygens (including phenoxy) is 1. The van der Waals surface area contributed by atoms with E-state index in [0.717, 1.165) is 32.1 Å². The summed E-state index contributed by atoms with van der Waals surface area (Å²) in [6, 6.07) is 0. The fraction of sp³-hybridized carbons (Fsp3) is 0.826. The number of esters is 1. The van der Waals surface area contributed by atoms with E-state index in [1.54, 1.807) is 0 Å². The summed E-state index contributed by atoms with van der Waals surface area (Å²) < 4.78 is 5.23. The lowest BCUT2D eigenvalue weighted by molar-refractivity contribution is -0.174. The molecule has 31 heavy (non-hydrogen) atoms. The predicted octanol–water partition coefficient (Wildman–Crippen LogP) is 4.26. The van der Waals surface area contributed by atoms with E-state index in [9.17, 15) is 24.3 Å². The van der Waals surface area contributed by atoms with Crippen LogP contribution in [0.25, 0.3) is 0 Å². The molecule has 0 aliphatic carbocycles. The number of carboxylic acids is 2. The van der Waals surface area contributed by atoms with Gasteiger partial charge in [0.05, 0.1) is 12.8 Å². The van der Waals surface area contributed by atoms with Crippen LogP contribution in [-0.2, 0) is 23.9 Å². The van der Waals surface area contributed by atoms with Gasteiger partial charge in [0.25, 0.3) is 0 Å². The van der Waals surface area contributed by atoms with Crippen molar-refractivity contribution in [3.63, 3.8) is 0 Å². The molecule has 8 nitrogen and oxygen atoms in total. The predicted molar refractivity (Wildman–Crippen MR) is 116 cm³/mol. The van der Waals surface area contributed by atoms with Gasteiger partial charge in [0, 0.05) is 6.42 Å². The largest absolute Gasteiger partial charge is 0.481 e. The Morgan fingerprint density at radius 2 is 1.29 bits per heavy atom. The minimum absolute atomic E-state index is 0.221. The third-order valence-corrected chi connectivity index (χ3v) is 5.26. The van der Waals surface area contributed by atoms with Gasteiger partial charge in [0.15, 0.2) is 17.5 Å². The Morgan fingerprint density at radius 3 is 1.81 bits per heavy atom. The zero-order chi connectivity index (χ0) is 23.7. The molecule has 0 aromatic rings.